The molecule has 0 saturated carbocycles. The smallest absolute Gasteiger partial charge is 0.290 e. The third kappa shape index (κ3) is 3.32. The molecule has 2 aromatic rings. The molecular formula is C19H16Cl2N2O3. The number of aliphatic hydroxyl groups excluding tert-OH is 1. The topological polar surface area (TPSA) is 70.5 Å². The van der Waals surface area contributed by atoms with Gasteiger partial charge in [0.1, 0.15) is 0 Å². The summed E-state index contributed by atoms with van der Waals surface area (Å²) in [4.78, 5) is 30.7. The maximum absolute atomic E-state index is 12.7. The van der Waals surface area contributed by atoms with E-state index in [1.807, 2.05) is 6.07 Å². The van der Waals surface area contributed by atoms with Gasteiger partial charge < -0.3 is 10.0 Å². The van der Waals surface area contributed by atoms with E-state index in [1.165, 1.54) is 4.90 Å². The Balaban J connectivity index is 2.09. The number of aromatic nitrogens is 1. The maximum atomic E-state index is 12.7. The summed E-state index contributed by atoms with van der Waals surface area (Å²) in [5.41, 5.74) is 1.32. The zero-order valence-corrected chi connectivity index (χ0v) is 15.5. The quantitative estimate of drug-likeness (QED) is 0.827. The van der Waals surface area contributed by atoms with E-state index < -0.39 is 17.7 Å². The van der Waals surface area contributed by atoms with Gasteiger partial charge in [0.05, 0.1) is 33.9 Å². The van der Waals surface area contributed by atoms with Crippen LogP contribution in [0, 0.1) is 0 Å². The number of ketones is 1. The molecule has 134 valence electrons. The number of amides is 1. The second kappa shape index (κ2) is 7.48. The lowest BCUT2D eigenvalue weighted by molar-refractivity contribution is -0.130. The predicted octanol–water partition coefficient (Wildman–Crippen LogP) is 4.26. The second-order valence-corrected chi connectivity index (χ2v) is 6.68. The Morgan fingerprint density at radius 3 is 2.62 bits per heavy atom. The van der Waals surface area contributed by atoms with Gasteiger partial charge in [0.2, 0.25) is 0 Å². The van der Waals surface area contributed by atoms with Crippen LogP contribution in [0.2, 0.25) is 10.0 Å². The number of carbonyl (C=O) groups is 2. The van der Waals surface area contributed by atoms with Crippen LogP contribution in [0.25, 0.3) is 0 Å². The summed E-state index contributed by atoms with van der Waals surface area (Å²) < 4.78 is 0. The lowest BCUT2D eigenvalue weighted by atomic mass is 9.95. The molecule has 2 heterocycles. The minimum absolute atomic E-state index is 0.0758. The zero-order chi connectivity index (χ0) is 18.8. The standard InChI is InChI=1S/C19H16Cl2N2O3/c1-2-15(24)16-17(11-6-7-13(20)14(21)9-11)23(19(26)18(16)25)10-12-5-3-4-8-22-12/h3-9,17,25H,2,10H2,1H3. The molecule has 0 bridgehead atoms. The Hall–Kier alpha value is -2.37. The Morgan fingerprint density at radius 2 is 2.00 bits per heavy atom. The number of halogens is 2. The van der Waals surface area contributed by atoms with Gasteiger partial charge in [-0.1, -0.05) is 42.3 Å². The second-order valence-electron chi connectivity index (χ2n) is 5.87. The lowest BCUT2D eigenvalue weighted by Gasteiger charge is -2.26. The van der Waals surface area contributed by atoms with Gasteiger partial charge in [0, 0.05) is 12.6 Å². The van der Waals surface area contributed by atoms with Gasteiger partial charge >= 0.3 is 0 Å². The molecule has 1 N–H and O–H groups in total. The average Bonchev–Trinajstić information content (AvgIpc) is 2.89. The number of benzene rings is 1. The van der Waals surface area contributed by atoms with E-state index in [9.17, 15) is 14.7 Å². The molecule has 0 fully saturated rings. The number of hydrogen-bond acceptors (Lipinski definition) is 4. The number of hydrogen-bond donors (Lipinski definition) is 1. The van der Waals surface area contributed by atoms with Crippen molar-refractivity contribution in [2.75, 3.05) is 0 Å². The van der Waals surface area contributed by atoms with Crippen molar-refractivity contribution in [3.63, 3.8) is 0 Å². The molecule has 0 saturated heterocycles. The first-order valence-electron chi connectivity index (χ1n) is 8.06. The third-order valence-electron chi connectivity index (χ3n) is 4.24. The molecule has 0 radical (unpaired) electrons. The summed E-state index contributed by atoms with van der Waals surface area (Å²) in [6.45, 7) is 1.83. The highest BCUT2D eigenvalue weighted by Crippen LogP contribution is 2.40. The zero-order valence-electron chi connectivity index (χ0n) is 13.9. The van der Waals surface area contributed by atoms with Gasteiger partial charge in [-0.05, 0) is 29.8 Å². The molecule has 1 aromatic carbocycles. The summed E-state index contributed by atoms with van der Waals surface area (Å²) in [6, 6.07) is 9.51. The van der Waals surface area contributed by atoms with Crippen LogP contribution in [-0.4, -0.2) is 26.7 Å². The van der Waals surface area contributed by atoms with E-state index in [0.717, 1.165) is 0 Å². The molecule has 1 aliphatic heterocycles. The number of aliphatic hydroxyl groups is 1. The Bertz CT molecular complexity index is 897. The number of nitrogens with zero attached hydrogens (tertiary/aromatic N) is 2. The van der Waals surface area contributed by atoms with Crippen LogP contribution in [0.1, 0.15) is 30.6 Å². The van der Waals surface area contributed by atoms with Crippen molar-refractivity contribution >= 4 is 34.9 Å². The predicted molar refractivity (Wildman–Crippen MR) is 98.9 cm³/mol. The van der Waals surface area contributed by atoms with E-state index in [-0.39, 0.29) is 24.3 Å². The van der Waals surface area contributed by atoms with E-state index in [1.54, 1.807) is 43.5 Å². The molecule has 1 amide bonds. The minimum atomic E-state index is -0.744. The normalized spacial score (nSPS) is 17.1. The lowest BCUT2D eigenvalue weighted by Crippen LogP contribution is -2.31. The van der Waals surface area contributed by atoms with E-state index in [0.29, 0.717) is 21.3 Å². The largest absolute Gasteiger partial charge is 0.503 e. The summed E-state index contributed by atoms with van der Waals surface area (Å²) in [7, 11) is 0. The van der Waals surface area contributed by atoms with Gasteiger partial charge in [-0.25, -0.2) is 0 Å². The van der Waals surface area contributed by atoms with Crippen molar-refractivity contribution in [3.05, 3.63) is 75.2 Å². The van der Waals surface area contributed by atoms with Crippen LogP contribution in [0.4, 0.5) is 0 Å². The van der Waals surface area contributed by atoms with Gasteiger partial charge in [0.25, 0.3) is 5.91 Å². The SMILES string of the molecule is CCC(=O)C1=C(O)C(=O)N(Cc2ccccn2)C1c1ccc(Cl)c(Cl)c1. The molecule has 1 atom stereocenters. The number of pyridine rings is 1. The molecule has 26 heavy (non-hydrogen) atoms. The average molecular weight is 391 g/mol. The van der Waals surface area contributed by atoms with Crippen LogP contribution >= 0.6 is 23.2 Å². The van der Waals surface area contributed by atoms with E-state index in [4.69, 9.17) is 23.2 Å². The third-order valence-corrected chi connectivity index (χ3v) is 4.98. The Kier molecular flexibility index (Phi) is 5.30. The van der Waals surface area contributed by atoms with Crippen molar-refractivity contribution in [3.8, 4) is 0 Å². The first-order chi connectivity index (χ1) is 12.4. The van der Waals surface area contributed by atoms with Gasteiger partial charge in [-0.2, -0.15) is 0 Å². The summed E-state index contributed by atoms with van der Waals surface area (Å²) in [6.07, 6.45) is 1.79. The minimum Gasteiger partial charge on any atom is -0.503 e. The Labute approximate surface area is 160 Å². The fourth-order valence-electron chi connectivity index (χ4n) is 2.99. The fourth-order valence-corrected chi connectivity index (χ4v) is 3.29. The molecule has 1 aromatic heterocycles. The molecule has 3 rings (SSSR count). The first-order valence-corrected chi connectivity index (χ1v) is 8.81. The highest BCUT2D eigenvalue weighted by molar-refractivity contribution is 6.42. The van der Waals surface area contributed by atoms with Crippen LogP contribution in [0.3, 0.4) is 0 Å². The molecule has 0 aliphatic carbocycles. The van der Waals surface area contributed by atoms with Crippen LogP contribution in [-0.2, 0) is 16.1 Å². The number of rotatable bonds is 5. The molecular weight excluding hydrogens is 375 g/mol. The van der Waals surface area contributed by atoms with Crippen LogP contribution in [0.5, 0.6) is 0 Å². The van der Waals surface area contributed by atoms with Crippen molar-refractivity contribution < 1.29 is 14.7 Å². The molecule has 5 nitrogen and oxygen atoms in total. The number of Topliss-reactive ketones (excluding diaryl/α,β-unsaturated/α-hetero) is 1. The van der Waals surface area contributed by atoms with E-state index >= 15 is 0 Å². The van der Waals surface area contributed by atoms with Gasteiger partial charge in [-0.3, -0.25) is 14.6 Å². The van der Waals surface area contributed by atoms with Crippen molar-refractivity contribution in [2.45, 2.75) is 25.9 Å². The molecule has 0 spiro atoms. The van der Waals surface area contributed by atoms with Crippen molar-refractivity contribution in [1.29, 1.82) is 0 Å². The summed E-state index contributed by atoms with van der Waals surface area (Å²) >= 11 is 12.1. The van der Waals surface area contributed by atoms with Crippen LogP contribution < -0.4 is 0 Å². The van der Waals surface area contributed by atoms with Gasteiger partial charge in [0.15, 0.2) is 11.5 Å². The summed E-state index contributed by atoms with van der Waals surface area (Å²) in [5, 5.41) is 11.0. The van der Waals surface area contributed by atoms with Crippen LogP contribution in [0.15, 0.2) is 53.9 Å². The van der Waals surface area contributed by atoms with Crippen molar-refractivity contribution in [1.82, 2.24) is 9.88 Å². The van der Waals surface area contributed by atoms with E-state index in [2.05, 4.69) is 4.98 Å². The molecule has 7 heteroatoms. The highest BCUT2D eigenvalue weighted by Gasteiger charge is 2.43. The fraction of sp³-hybridized carbons (Fsp3) is 0.211. The number of carbonyl (C=O) groups excluding carboxylic acids is 2. The monoisotopic (exact) mass is 390 g/mol. The molecule has 1 unspecified atom stereocenters. The van der Waals surface area contributed by atoms with Gasteiger partial charge in [-0.15, -0.1) is 0 Å². The molecule has 1 aliphatic rings. The Morgan fingerprint density at radius 1 is 1.23 bits per heavy atom. The maximum Gasteiger partial charge on any atom is 0.290 e. The van der Waals surface area contributed by atoms with Crippen molar-refractivity contribution in [2.24, 2.45) is 0 Å². The first kappa shape index (κ1) is 18.4. The highest BCUT2D eigenvalue weighted by atomic mass is 35.5. The summed E-state index contributed by atoms with van der Waals surface area (Å²) in [5.74, 6) is -1.43.